The number of benzene rings is 1. The smallest absolute Gasteiger partial charge is 0.303 e. The molecular formula is C15H21NO4. The van der Waals surface area contributed by atoms with Gasteiger partial charge in [0, 0.05) is 13.0 Å². The molecule has 0 unspecified atom stereocenters. The Hall–Kier alpha value is -2.04. The molecule has 0 aliphatic carbocycles. The second kappa shape index (κ2) is 8.19. The summed E-state index contributed by atoms with van der Waals surface area (Å²) in [5.74, 6) is -0.210. The van der Waals surface area contributed by atoms with Gasteiger partial charge in [-0.2, -0.15) is 0 Å². The van der Waals surface area contributed by atoms with E-state index in [4.69, 9.17) is 9.84 Å². The van der Waals surface area contributed by atoms with Gasteiger partial charge in [0.2, 0.25) is 5.91 Å². The number of carbonyl (C=O) groups excluding carboxylic acids is 1. The molecule has 1 rings (SSSR count). The second-order valence-corrected chi connectivity index (χ2v) is 4.77. The molecule has 20 heavy (non-hydrogen) atoms. The molecule has 0 aliphatic rings. The third kappa shape index (κ3) is 6.78. The van der Waals surface area contributed by atoms with Crippen molar-refractivity contribution in [2.45, 2.75) is 33.1 Å². The molecule has 0 saturated heterocycles. The van der Waals surface area contributed by atoms with Gasteiger partial charge in [-0.15, -0.1) is 0 Å². The molecule has 5 nitrogen and oxygen atoms in total. The molecule has 2 N–H and O–H groups in total. The number of rotatable bonds is 8. The summed E-state index contributed by atoms with van der Waals surface area (Å²) < 4.78 is 5.53. The topological polar surface area (TPSA) is 75.6 Å². The zero-order valence-electron chi connectivity index (χ0n) is 11.9. The summed E-state index contributed by atoms with van der Waals surface area (Å²) in [5.41, 5.74) is 2.25. The molecule has 5 heteroatoms. The number of carboxylic acid groups (broad SMARTS) is 1. The van der Waals surface area contributed by atoms with Crippen LogP contribution in [0.15, 0.2) is 18.2 Å². The van der Waals surface area contributed by atoms with E-state index in [9.17, 15) is 9.59 Å². The maximum absolute atomic E-state index is 11.5. The fourth-order valence-electron chi connectivity index (χ4n) is 1.83. The van der Waals surface area contributed by atoms with Crippen LogP contribution in [-0.2, 0) is 9.59 Å². The van der Waals surface area contributed by atoms with Crippen molar-refractivity contribution in [3.8, 4) is 5.75 Å². The number of amides is 1. The number of ether oxygens (including phenoxy) is 1. The fourth-order valence-corrected chi connectivity index (χ4v) is 1.83. The van der Waals surface area contributed by atoms with Crippen LogP contribution in [0.2, 0.25) is 0 Å². The van der Waals surface area contributed by atoms with Gasteiger partial charge >= 0.3 is 5.97 Å². The highest BCUT2D eigenvalue weighted by Crippen LogP contribution is 2.16. The van der Waals surface area contributed by atoms with E-state index in [2.05, 4.69) is 11.4 Å². The summed E-state index contributed by atoms with van der Waals surface area (Å²) in [6, 6.07) is 5.91. The third-order valence-electron chi connectivity index (χ3n) is 2.68. The molecule has 0 aromatic heterocycles. The zero-order valence-corrected chi connectivity index (χ0v) is 11.9. The molecule has 0 radical (unpaired) electrons. The van der Waals surface area contributed by atoms with Crippen LogP contribution < -0.4 is 10.1 Å². The van der Waals surface area contributed by atoms with Gasteiger partial charge in [0.1, 0.15) is 5.75 Å². The fraction of sp³-hybridized carbons (Fsp3) is 0.467. The largest absolute Gasteiger partial charge is 0.493 e. The average molecular weight is 279 g/mol. The monoisotopic (exact) mass is 279 g/mol. The van der Waals surface area contributed by atoms with E-state index in [0.717, 1.165) is 16.9 Å². The van der Waals surface area contributed by atoms with Crippen LogP contribution >= 0.6 is 0 Å². The van der Waals surface area contributed by atoms with E-state index in [1.165, 1.54) is 0 Å². The summed E-state index contributed by atoms with van der Waals surface area (Å²) in [4.78, 5) is 21.8. The van der Waals surface area contributed by atoms with E-state index in [0.29, 0.717) is 19.6 Å². The van der Waals surface area contributed by atoms with Crippen LogP contribution in [0.1, 0.15) is 30.4 Å². The summed E-state index contributed by atoms with van der Waals surface area (Å²) in [5, 5.41) is 11.1. The Kier molecular flexibility index (Phi) is 6.56. The molecule has 110 valence electrons. The number of nitrogens with one attached hydrogen (secondary N) is 1. The number of aliphatic carboxylic acids is 1. The lowest BCUT2D eigenvalue weighted by Crippen LogP contribution is -2.26. The molecule has 0 saturated carbocycles. The van der Waals surface area contributed by atoms with Gasteiger partial charge in [-0.25, -0.2) is 0 Å². The van der Waals surface area contributed by atoms with Gasteiger partial charge in [-0.1, -0.05) is 6.07 Å². The maximum Gasteiger partial charge on any atom is 0.303 e. The Morgan fingerprint density at radius 1 is 1.15 bits per heavy atom. The Labute approximate surface area is 118 Å². The van der Waals surface area contributed by atoms with Crippen molar-refractivity contribution >= 4 is 11.9 Å². The number of carbonyl (C=O) groups is 2. The minimum absolute atomic E-state index is 0.0688. The Morgan fingerprint density at radius 3 is 2.40 bits per heavy atom. The minimum Gasteiger partial charge on any atom is -0.493 e. The number of hydrogen-bond acceptors (Lipinski definition) is 3. The lowest BCUT2D eigenvalue weighted by molar-refractivity contribution is -0.137. The van der Waals surface area contributed by atoms with Gasteiger partial charge in [0.25, 0.3) is 0 Å². The summed E-state index contributed by atoms with van der Waals surface area (Å²) in [6.45, 7) is 4.69. The van der Waals surface area contributed by atoms with E-state index in [-0.39, 0.29) is 18.7 Å². The number of hydrogen-bond donors (Lipinski definition) is 2. The van der Waals surface area contributed by atoms with Crippen molar-refractivity contribution in [2.24, 2.45) is 0 Å². The van der Waals surface area contributed by atoms with Crippen molar-refractivity contribution in [1.29, 1.82) is 0 Å². The Morgan fingerprint density at radius 2 is 1.80 bits per heavy atom. The first kappa shape index (κ1) is 16.0. The van der Waals surface area contributed by atoms with Gasteiger partial charge in [0.15, 0.2) is 0 Å². The molecule has 0 atom stereocenters. The molecule has 0 bridgehead atoms. The summed E-state index contributed by atoms with van der Waals surface area (Å²) in [7, 11) is 0. The van der Waals surface area contributed by atoms with E-state index < -0.39 is 5.97 Å². The standard InChI is InChI=1S/C15H21NO4/c1-11-8-12(2)10-13(9-11)20-7-5-14(17)16-6-3-4-15(18)19/h8-10H,3-7H2,1-2H3,(H,16,17)(H,18,19). The van der Waals surface area contributed by atoms with Crippen LogP contribution in [0, 0.1) is 13.8 Å². The third-order valence-corrected chi connectivity index (χ3v) is 2.68. The lowest BCUT2D eigenvalue weighted by atomic mass is 10.1. The van der Waals surface area contributed by atoms with Crippen molar-refractivity contribution in [2.75, 3.05) is 13.2 Å². The maximum atomic E-state index is 11.5. The van der Waals surface area contributed by atoms with Gasteiger partial charge in [-0.05, 0) is 43.5 Å². The second-order valence-electron chi connectivity index (χ2n) is 4.77. The van der Waals surface area contributed by atoms with E-state index in [1.807, 2.05) is 26.0 Å². The highest BCUT2D eigenvalue weighted by atomic mass is 16.5. The van der Waals surface area contributed by atoms with Crippen molar-refractivity contribution in [3.05, 3.63) is 29.3 Å². The molecule has 0 heterocycles. The van der Waals surface area contributed by atoms with Crippen molar-refractivity contribution in [3.63, 3.8) is 0 Å². The quantitative estimate of drug-likeness (QED) is 0.714. The SMILES string of the molecule is Cc1cc(C)cc(OCCC(=O)NCCCC(=O)O)c1. The molecule has 0 fully saturated rings. The molecule has 0 aliphatic heterocycles. The van der Waals surface area contributed by atoms with Crippen molar-refractivity contribution in [1.82, 2.24) is 5.32 Å². The first-order valence-corrected chi connectivity index (χ1v) is 6.67. The highest BCUT2D eigenvalue weighted by Gasteiger charge is 2.03. The van der Waals surface area contributed by atoms with Crippen LogP contribution in [-0.4, -0.2) is 30.1 Å². The van der Waals surface area contributed by atoms with Crippen LogP contribution in [0.25, 0.3) is 0 Å². The number of carboxylic acids is 1. The normalized spacial score (nSPS) is 10.1. The first-order chi connectivity index (χ1) is 9.47. The summed E-state index contributed by atoms with van der Waals surface area (Å²) >= 11 is 0. The zero-order chi connectivity index (χ0) is 15.0. The van der Waals surface area contributed by atoms with Gasteiger partial charge in [-0.3, -0.25) is 9.59 Å². The Bertz CT molecular complexity index is 451. The predicted molar refractivity (Wildman–Crippen MR) is 75.9 cm³/mol. The lowest BCUT2D eigenvalue weighted by Gasteiger charge is -2.08. The van der Waals surface area contributed by atoms with E-state index >= 15 is 0 Å². The van der Waals surface area contributed by atoms with Crippen LogP contribution in [0.3, 0.4) is 0 Å². The highest BCUT2D eigenvalue weighted by molar-refractivity contribution is 5.76. The minimum atomic E-state index is -0.850. The predicted octanol–water partition coefficient (Wildman–Crippen LogP) is 2.05. The average Bonchev–Trinajstić information content (AvgIpc) is 2.33. The van der Waals surface area contributed by atoms with Crippen molar-refractivity contribution < 1.29 is 19.4 Å². The number of aryl methyl sites for hydroxylation is 2. The van der Waals surface area contributed by atoms with E-state index in [1.54, 1.807) is 0 Å². The van der Waals surface area contributed by atoms with Gasteiger partial charge in [0.05, 0.1) is 13.0 Å². The summed E-state index contributed by atoms with van der Waals surface area (Å²) in [6.07, 6.45) is 0.776. The molecule has 0 spiro atoms. The molecule has 1 amide bonds. The first-order valence-electron chi connectivity index (χ1n) is 6.67. The Balaban J connectivity index is 2.19. The molecule has 1 aromatic rings. The molecule has 1 aromatic carbocycles. The van der Waals surface area contributed by atoms with Crippen LogP contribution in [0.4, 0.5) is 0 Å². The van der Waals surface area contributed by atoms with Gasteiger partial charge < -0.3 is 15.2 Å². The molecular weight excluding hydrogens is 258 g/mol. The van der Waals surface area contributed by atoms with Crippen LogP contribution in [0.5, 0.6) is 5.75 Å².